The monoisotopic (exact) mass is 511 g/mol. The largest absolute Gasteiger partial charge is 0.459 e. The molecule has 0 spiro atoms. The summed E-state index contributed by atoms with van der Waals surface area (Å²) in [5.41, 5.74) is 0.737. The molecule has 2 bridgehead atoms. The summed E-state index contributed by atoms with van der Waals surface area (Å²) in [7, 11) is 0. The van der Waals surface area contributed by atoms with Crippen LogP contribution in [0.4, 0.5) is 0 Å². The molecule has 0 radical (unpaired) electrons. The zero-order valence-electron chi connectivity index (χ0n) is 20.7. The van der Waals surface area contributed by atoms with Gasteiger partial charge in [0.05, 0.1) is 5.52 Å². The Labute approximate surface area is 215 Å². The average Bonchev–Trinajstić information content (AvgIpc) is 3.01. The van der Waals surface area contributed by atoms with Crippen molar-refractivity contribution in [1.29, 1.82) is 0 Å². The number of halogens is 2. The van der Waals surface area contributed by atoms with Crippen LogP contribution in [0.5, 0.6) is 0 Å². The number of hydrogen-bond donors (Lipinski definition) is 0. The first-order valence-corrected chi connectivity index (χ1v) is 12.3. The Morgan fingerprint density at radius 3 is 2.29 bits per heavy atom. The molecule has 2 aliphatic rings. The van der Waals surface area contributed by atoms with Crippen molar-refractivity contribution >= 4 is 41.7 Å². The molecule has 1 aromatic heterocycles. The van der Waals surface area contributed by atoms with Crippen molar-refractivity contribution in [3.63, 3.8) is 0 Å². The first-order valence-electron chi connectivity index (χ1n) is 12.3. The number of carbonyl (C=O) groups is 1. The van der Waals surface area contributed by atoms with Crippen molar-refractivity contribution in [1.82, 2.24) is 14.4 Å². The Balaban J connectivity index is 0.00000204. The molecule has 1 aromatic carbocycles. The van der Waals surface area contributed by atoms with Gasteiger partial charge in [-0.25, -0.2) is 4.79 Å². The number of ether oxygens (including phenoxy) is 1. The molecular formula is C26H39Cl2N3O3. The molecular weight excluding hydrogens is 473 g/mol. The van der Waals surface area contributed by atoms with Crippen LogP contribution in [0.15, 0.2) is 35.1 Å². The maximum Gasteiger partial charge on any atom is 0.344 e. The van der Waals surface area contributed by atoms with Crippen LogP contribution in [0.3, 0.4) is 0 Å². The Kier molecular flexibility index (Phi) is 10.4. The molecule has 3 atom stereocenters. The summed E-state index contributed by atoms with van der Waals surface area (Å²) in [6.45, 7) is 12.7. The van der Waals surface area contributed by atoms with Gasteiger partial charge >= 0.3 is 5.97 Å². The van der Waals surface area contributed by atoms with Gasteiger partial charge in [-0.15, -0.1) is 24.8 Å². The summed E-state index contributed by atoms with van der Waals surface area (Å²) in [6, 6.07) is 10.3. The third-order valence-corrected chi connectivity index (χ3v) is 7.37. The summed E-state index contributed by atoms with van der Waals surface area (Å²) < 4.78 is 7.65. The highest BCUT2D eigenvalue weighted by Gasteiger charge is 2.42. The molecule has 4 rings (SSSR count). The third kappa shape index (κ3) is 5.78. The normalized spacial score (nSPS) is 22.0. The molecule has 34 heavy (non-hydrogen) atoms. The lowest BCUT2D eigenvalue weighted by Crippen LogP contribution is -2.48. The predicted octanol–water partition coefficient (Wildman–Crippen LogP) is 4.92. The predicted molar refractivity (Wildman–Crippen MR) is 143 cm³/mol. The minimum atomic E-state index is -0.476. The maximum absolute atomic E-state index is 13.2. The summed E-state index contributed by atoms with van der Waals surface area (Å²) in [6.07, 6.45) is 3.97. The second-order valence-corrected chi connectivity index (χ2v) is 9.53. The van der Waals surface area contributed by atoms with E-state index in [-0.39, 0.29) is 48.1 Å². The van der Waals surface area contributed by atoms with Crippen LogP contribution in [-0.4, -0.2) is 64.7 Å². The second kappa shape index (κ2) is 12.4. The molecule has 2 saturated heterocycles. The molecule has 0 N–H and O–H groups in total. The highest BCUT2D eigenvalue weighted by Crippen LogP contribution is 2.37. The van der Waals surface area contributed by atoms with Gasteiger partial charge in [0.2, 0.25) is 0 Å². The van der Waals surface area contributed by atoms with E-state index in [1.54, 1.807) is 10.6 Å². The molecule has 8 heteroatoms. The molecule has 3 heterocycles. The maximum atomic E-state index is 13.2. The smallest absolute Gasteiger partial charge is 0.344 e. The number of para-hydroxylation sites is 1. The van der Waals surface area contributed by atoms with E-state index in [1.165, 1.54) is 12.8 Å². The first-order chi connectivity index (χ1) is 15.4. The van der Waals surface area contributed by atoms with Gasteiger partial charge in [0.25, 0.3) is 5.56 Å². The van der Waals surface area contributed by atoms with E-state index in [0.717, 1.165) is 49.9 Å². The van der Waals surface area contributed by atoms with Gasteiger partial charge in [0.15, 0.2) is 0 Å². The van der Waals surface area contributed by atoms with E-state index in [4.69, 9.17) is 4.74 Å². The van der Waals surface area contributed by atoms with Crippen molar-refractivity contribution < 1.29 is 9.53 Å². The van der Waals surface area contributed by atoms with Gasteiger partial charge in [0.1, 0.15) is 11.7 Å². The standard InChI is InChI=1S/C26H37N3O3.2ClH/c1-5-27(6-2)13-14-28-20-11-12-21(28)17-22(16-20)32-26(31)23-15-19-9-7-8-10-24(19)29(18(3)4)25(23)30;;/h7-10,15,18,20-22H,5-6,11-14,16-17H2,1-4H3;2*1H/t20-,21+,22+;;. The molecule has 2 aliphatic heterocycles. The van der Waals surface area contributed by atoms with Crippen LogP contribution < -0.4 is 5.56 Å². The number of pyridine rings is 1. The first kappa shape index (κ1) is 28.6. The van der Waals surface area contributed by atoms with E-state index >= 15 is 0 Å². The van der Waals surface area contributed by atoms with Crippen LogP contribution in [0, 0.1) is 0 Å². The molecule has 2 fully saturated rings. The van der Waals surface area contributed by atoms with Gasteiger partial charge in [-0.1, -0.05) is 32.0 Å². The molecule has 0 saturated carbocycles. The Morgan fingerprint density at radius 2 is 1.71 bits per heavy atom. The minimum Gasteiger partial charge on any atom is -0.459 e. The minimum absolute atomic E-state index is 0. The van der Waals surface area contributed by atoms with Crippen LogP contribution in [0.2, 0.25) is 0 Å². The van der Waals surface area contributed by atoms with Crippen molar-refractivity contribution in [2.45, 2.75) is 77.6 Å². The van der Waals surface area contributed by atoms with E-state index in [9.17, 15) is 9.59 Å². The topological polar surface area (TPSA) is 54.8 Å². The van der Waals surface area contributed by atoms with Crippen molar-refractivity contribution in [2.24, 2.45) is 0 Å². The summed E-state index contributed by atoms with van der Waals surface area (Å²) in [4.78, 5) is 31.4. The van der Waals surface area contributed by atoms with Crippen LogP contribution in [0.1, 0.15) is 69.8 Å². The van der Waals surface area contributed by atoms with Gasteiger partial charge in [-0.3, -0.25) is 9.69 Å². The Bertz CT molecular complexity index is 1010. The number of likely N-dealkylation sites (N-methyl/N-ethyl adjacent to an activating group) is 1. The zero-order chi connectivity index (χ0) is 22.8. The highest BCUT2D eigenvalue weighted by atomic mass is 35.5. The number of benzene rings is 1. The number of rotatable bonds is 8. The third-order valence-electron chi connectivity index (χ3n) is 7.37. The molecule has 0 unspecified atom stereocenters. The lowest BCUT2D eigenvalue weighted by atomic mass is 9.99. The highest BCUT2D eigenvalue weighted by molar-refractivity contribution is 5.94. The van der Waals surface area contributed by atoms with Gasteiger partial charge in [-0.05, 0) is 57.3 Å². The number of piperidine rings is 1. The van der Waals surface area contributed by atoms with Crippen LogP contribution in [0.25, 0.3) is 10.9 Å². The van der Waals surface area contributed by atoms with Crippen LogP contribution >= 0.6 is 24.8 Å². The average molecular weight is 513 g/mol. The van der Waals surface area contributed by atoms with Gasteiger partial charge in [0, 0.05) is 44.1 Å². The lowest BCUT2D eigenvalue weighted by molar-refractivity contribution is -0.00778. The number of esters is 1. The summed E-state index contributed by atoms with van der Waals surface area (Å²) in [5.74, 6) is -0.476. The lowest BCUT2D eigenvalue weighted by Gasteiger charge is -2.39. The second-order valence-electron chi connectivity index (χ2n) is 9.53. The molecule has 0 aliphatic carbocycles. The van der Waals surface area contributed by atoms with E-state index in [1.807, 2.05) is 38.1 Å². The molecule has 2 aromatic rings. The van der Waals surface area contributed by atoms with Crippen molar-refractivity contribution in [3.05, 3.63) is 46.2 Å². The number of fused-ring (bicyclic) bond motifs is 3. The molecule has 190 valence electrons. The van der Waals surface area contributed by atoms with E-state index in [2.05, 4.69) is 23.6 Å². The van der Waals surface area contributed by atoms with Crippen LogP contribution in [-0.2, 0) is 4.74 Å². The quantitative estimate of drug-likeness (QED) is 0.470. The van der Waals surface area contributed by atoms with Gasteiger partial charge in [-0.2, -0.15) is 0 Å². The number of aromatic nitrogens is 1. The summed E-state index contributed by atoms with van der Waals surface area (Å²) >= 11 is 0. The number of carbonyl (C=O) groups excluding carboxylic acids is 1. The Morgan fingerprint density at radius 1 is 1.09 bits per heavy atom. The molecule has 6 nitrogen and oxygen atoms in total. The fourth-order valence-corrected chi connectivity index (χ4v) is 5.64. The SMILES string of the molecule is CCN(CC)CCN1[C@@H]2CC[C@H]1C[C@@H](OC(=O)c1cc3ccccc3n(C(C)C)c1=O)C2.Cl.Cl. The molecule has 0 amide bonds. The fourth-order valence-electron chi connectivity index (χ4n) is 5.64. The van der Waals surface area contributed by atoms with E-state index in [0.29, 0.717) is 12.1 Å². The van der Waals surface area contributed by atoms with E-state index < -0.39 is 5.97 Å². The summed E-state index contributed by atoms with van der Waals surface area (Å²) in [5, 5.41) is 0.888. The Hall–Kier alpha value is -1.60. The fraction of sp³-hybridized carbons (Fsp3) is 0.615. The number of hydrogen-bond acceptors (Lipinski definition) is 5. The van der Waals surface area contributed by atoms with Crippen molar-refractivity contribution in [3.8, 4) is 0 Å². The van der Waals surface area contributed by atoms with Gasteiger partial charge < -0.3 is 14.2 Å². The number of nitrogens with zero attached hydrogens (tertiary/aromatic N) is 3. The van der Waals surface area contributed by atoms with Crippen molar-refractivity contribution in [2.75, 3.05) is 26.2 Å². The zero-order valence-corrected chi connectivity index (χ0v) is 22.4.